The highest BCUT2D eigenvalue weighted by Crippen LogP contribution is 2.26. The smallest absolute Gasteiger partial charge is 0.265 e. The van der Waals surface area contributed by atoms with Crippen LogP contribution in [-0.4, -0.2) is 30.0 Å². The van der Waals surface area contributed by atoms with Gasteiger partial charge in [-0.25, -0.2) is 0 Å². The van der Waals surface area contributed by atoms with Crippen molar-refractivity contribution in [1.29, 1.82) is 5.26 Å². The Morgan fingerprint density at radius 2 is 1.97 bits per heavy atom. The third-order valence-corrected chi connectivity index (χ3v) is 6.36. The molecule has 0 spiro atoms. The zero-order valence-corrected chi connectivity index (χ0v) is 18.3. The number of rotatable bonds is 6. The summed E-state index contributed by atoms with van der Waals surface area (Å²) in [5, 5.41) is 13.8. The highest BCUT2D eigenvalue weighted by molar-refractivity contribution is 7.12. The van der Waals surface area contributed by atoms with E-state index in [0.29, 0.717) is 10.4 Å². The normalized spacial score (nSPS) is 14.7. The summed E-state index contributed by atoms with van der Waals surface area (Å²) in [7, 11) is 0. The molecule has 0 saturated carbocycles. The molecule has 4 rings (SSSR count). The van der Waals surface area contributed by atoms with Gasteiger partial charge >= 0.3 is 0 Å². The molecule has 1 saturated heterocycles. The van der Waals surface area contributed by atoms with Crippen LogP contribution in [0.4, 0.5) is 5.69 Å². The quantitative estimate of drug-likeness (QED) is 0.581. The summed E-state index contributed by atoms with van der Waals surface area (Å²) in [5.41, 5.74) is 3.72. The lowest BCUT2D eigenvalue weighted by molar-refractivity contribution is 0.0962. The number of nitrogens with one attached hydrogen (secondary N) is 1. The fraction of sp³-hybridized carbons (Fsp3) is 0.280. The first-order valence-corrected chi connectivity index (χ1v) is 11.3. The average Bonchev–Trinajstić information content (AvgIpc) is 3.33. The second-order valence-electron chi connectivity index (χ2n) is 7.81. The molecular weight excluding hydrogens is 406 g/mol. The van der Waals surface area contributed by atoms with E-state index in [0.717, 1.165) is 49.5 Å². The lowest BCUT2D eigenvalue weighted by atomic mass is 10.1. The Morgan fingerprint density at radius 1 is 1.19 bits per heavy atom. The number of thiophene rings is 1. The predicted octanol–water partition coefficient (Wildman–Crippen LogP) is 5.22. The van der Waals surface area contributed by atoms with Crippen LogP contribution >= 0.6 is 11.3 Å². The van der Waals surface area contributed by atoms with Crippen LogP contribution < -0.4 is 10.1 Å². The minimum atomic E-state index is -0.0855. The monoisotopic (exact) mass is 431 g/mol. The Morgan fingerprint density at radius 3 is 2.61 bits per heavy atom. The number of piperidine rings is 1. The maximum atomic E-state index is 12.2. The molecule has 5 nitrogen and oxygen atoms in total. The standard InChI is InChI=1S/C25H25N3O2S/c1-18-15-21(27-25(29)24-3-2-14-31-24)8-9-23(18)30-22-10-12-28(13-11-22)17-20-6-4-19(16-26)5-7-20/h2-9,14-15,22H,10-13,17H2,1H3,(H,27,29). The molecular formula is C25H25N3O2S. The van der Waals surface area contributed by atoms with Gasteiger partial charge in [0.15, 0.2) is 0 Å². The van der Waals surface area contributed by atoms with Crippen molar-refractivity contribution in [3.05, 3.63) is 81.5 Å². The van der Waals surface area contributed by atoms with E-state index < -0.39 is 0 Å². The van der Waals surface area contributed by atoms with E-state index in [1.807, 2.05) is 66.9 Å². The van der Waals surface area contributed by atoms with Crippen LogP contribution in [0.1, 0.15) is 39.2 Å². The molecule has 1 aromatic heterocycles. The lowest BCUT2D eigenvalue weighted by Crippen LogP contribution is -2.37. The minimum absolute atomic E-state index is 0.0855. The van der Waals surface area contributed by atoms with E-state index in [4.69, 9.17) is 10.00 Å². The number of ether oxygens (including phenoxy) is 1. The molecule has 3 aromatic rings. The van der Waals surface area contributed by atoms with Crippen molar-refractivity contribution < 1.29 is 9.53 Å². The van der Waals surface area contributed by atoms with Gasteiger partial charge in [-0.05, 0) is 72.7 Å². The first-order chi connectivity index (χ1) is 15.1. The molecule has 1 aliphatic rings. The number of aryl methyl sites for hydroxylation is 1. The van der Waals surface area contributed by atoms with Crippen LogP contribution in [0.15, 0.2) is 60.0 Å². The third kappa shape index (κ3) is 5.52. The average molecular weight is 432 g/mol. The zero-order valence-electron chi connectivity index (χ0n) is 17.5. The molecule has 0 unspecified atom stereocenters. The molecule has 2 heterocycles. The van der Waals surface area contributed by atoms with Crippen LogP contribution in [0.3, 0.4) is 0 Å². The number of nitriles is 1. The minimum Gasteiger partial charge on any atom is -0.490 e. The molecule has 1 fully saturated rings. The Bertz CT molecular complexity index is 1060. The maximum absolute atomic E-state index is 12.2. The summed E-state index contributed by atoms with van der Waals surface area (Å²) in [5.74, 6) is 0.789. The van der Waals surface area contributed by atoms with Crippen molar-refractivity contribution >= 4 is 22.9 Å². The van der Waals surface area contributed by atoms with Crippen LogP contribution in [0.25, 0.3) is 0 Å². The molecule has 0 aliphatic carbocycles. The first-order valence-electron chi connectivity index (χ1n) is 10.4. The van der Waals surface area contributed by atoms with Crippen molar-refractivity contribution in [2.75, 3.05) is 18.4 Å². The largest absolute Gasteiger partial charge is 0.490 e. The number of carbonyl (C=O) groups excluding carboxylic acids is 1. The summed E-state index contributed by atoms with van der Waals surface area (Å²) in [6, 6.07) is 19.5. The first kappa shape index (κ1) is 21.1. The molecule has 6 heteroatoms. The van der Waals surface area contributed by atoms with Gasteiger partial charge in [-0.1, -0.05) is 18.2 Å². The van der Waals surface area contributed by atoms with Gasteiger partial charge in [-0.15, -0.1) is 11.3 Å². The SMILES string of the molecule is Cc1cc(NC(=O)c2cccs2)ccc1OC1CCN(Cc2ccc(C#N)cc2)CC1. The molecule has 2 aromatic carbocycles. The van der Waals surface area contributed by atoms with E-state index in [9.17, 15) is 4.79 Å². The summed E-state index contributed by atoms with van der Waals surface area (Å²) in [6.45, 7) is 4.88. The second kappa shape index (κ2) is 9.78. The van der Waals surface area contributed by atoms with Gasteiger partial charge in [0.25, 0.3) is 5.91 Å². The fourth-order valence-corrected chi connectivity index (χ4v) is 4.39. The van der Waals surface area contributed by atoms with Crippen molar-refractivity contribution in [2.24, 2.45) is 0 Å². The van der Waals surface area contributed by atoms with E-state index >= 15 is 0 Å². The number of hydrogen-bond donors (Lipinski definition) is 1. The van der Waals surface area contributed by atoms with Crippen LogP contribution in [0, 0.1) is 18.3 Å². The van der Waals surface area contributed by atoms with Gasteiger partial charge in [0, 0.05) is 25.3 Å². The number of anilines is 1. The molecule has 1 N–H and O–H groups in total. The molecule has 1 aliphatic heterocycles. The number of likely N-dealkylation sites (tertiary alicyclic amines) is 1. The Hall–Kier alpha value is -3.14. The zero-order chi connectivity index (χ0) is 21.6. The molecule has 0 atom stereocenters. The molecule has 158 valence electrons. The van der Waals surface area contributed by atoms with E-state index in [-0.39, 0.29) is 12.0 Å². The number of hydrogen-bond acceptors (Lipinski definition) is 5. The van der Waals surface area contributed by atoms with Crippen molar-refractivity contribution in [3.63, 3.8) is 0 Å². The summed E-state index contributed by atoms with van der Waals surface area (Å²) < 4.78 is 6.27. The number of carbonyl (C=O) groups is 1. The third-order valence-electron chi connectivity index (χ3n) is 5.50. The summed E-state index contributed by atoms with van der Waals surface area (Å²) in [6.07, 6.45) is 2.15. The summed E-state index contributed by atoms with van der Waals surface area (Å²) in [4.78, 5) is 15.4. The Labute approximate surface area is 186 Å². The lowest BCUT2D eigenvalue weighted by Gasteiger charge is -2.32. The molecule has 0 radical (unpaired) electrons. The highest BCUT2D eigenvalue weighted by Gasteiger charge is 2.21. The van der Waals surface area contributed by atoms with Crippen LogP contribution in [0.2, 0.25) is 0 Å². The fourth-order valence-electron chi connectivity index (χ4n) is 3.77. The van der Waals surface area contributed by atoms with Crippen LogP contribution in [0.5, 0.6) is 5.75 Å². The molecule has 1 amide bonds. The highest BCUT2D eigenvalue weighted by atomic mass is 32.1. The van der Waals surface area contributed by atoms with E-state index in [1.165, 1.54) is 16.9 Å². The van der Waals surface area contributed by atoms with Gasteiger partial charge < -0.3 is 10.1 Å². The Balaban J connectivity index is 1.28. The number of nitrogens with zero attached hydrogens (tertiary/aromatic N) is 2. The van der Waals surface area contributed by atoms with Gasteiger partial charge in [0.2, 0.25) is 0 Å². The van der Waals surface area contributed by atoms with Crippen molar-refractivity contribution in [2.45, 2.75) is 32.4 Å². The van der Waals surface area contributed by atoms with Gasteiger partial charge in [0.1, 0.15) is 11.9 Å². The summed E-state index contributed by atoms with van der Waals surface area (Å²) >= 11 is 1.43. The maximum Gasteiger partial charge on any atom is 0.265 e. The van der Waals surface area contributed by atoms with Gasteiger partial charge in [-0.2, -0.15) is 5.26 Å². The topological polar surface area (TPSA) is 65.4 Å². The predicted molar refractivity (Wildman–Crippen MR) is 124 cm³/mol. The number of amides is 1. The van der Waals surface area contributed by atoms with Gasteiger partial charge in [-0.3, -0.25) is 9.69 Å². The second-order valence-corrected chi connectivity index (χ2v) is 8.76. The van der Waals surface area contributed by atoms with Crippen LogP contribution in [-0.2, 0) is 6.54 Å². The van der Waals surface area contributed by atoms with Crippen molar-refractivity contribution in [3.8, 4) is 11.8 Å². The van der Waals surface area contributed by atoms with E-state index in [2.05, 4.69) is 16.3 Å². The van der Waals surface area contributed by atoms with Crippen molar-refractivity contribution in [1.82, 2.24) is 4.90 Å². The van der Waals surface area contributed by atoms with E-state index in [1.54, 1.807) is 0 Å². The van der Waals surface area contributed by atoms with Gasteiger partial charge in [0.05, 0.1) is 16.5 Å². The molecule has 31 heavy (non-hydrogen) atoms. The Kier molecular flexibility index (Phi) is 6.66. The molecule has 0 bridgehead atoms. The number of benzene rings is 2.